The van der Waals surface area contributed by atoms with Crippen LogP contribution in [0.1, 0.15) is 31.1 Å². The number of amides is 1. The van der Waals surface area contributed by atoms with Gasteiger partial charge in [0.2, 0.25) is 0 Å². The number of carbonyl (C=O) groups excluding carboxylic acids is 1. The van der Waals surface area contributed by atoms with Gasteiger partial charge in [-0.25, -0.2) is 8.78 Å². The van der Waals surface area contributed by atoms with Crippen LogP contribution in [-0.2, 0) is 0 Å². The summed E-state index contributed by atoms with van der Waals surface area (Å²) in [6.45, 7) is 6.03. The van der Waals surface area contributed by atoms with E-state index in [0.29, 0.717) is 6.54 Å². The lowest BCUT2D eigenvalue weighted by molar-refractivity contribution is 0.0716. The first-order chi connectivity index (χ1) is 8.42. The van der Waals surface area contributed by atoms with Crippen LogP contribution in [0.25, 0.3) is 0 Å². The minimum atomic E-state index is -0.763. The molecule has 5 heteroatoms. The number of hydrogen-bond donors (Lipinski definition) is 1. The monoisotopic (exact) mass is 256 g/mol. The molecule has 0 atom stereocenters. The lowest BCUT2D eigenvalue weighted by atomic mass is 10.1. The van der Waals surface area contributed by atoms with Crippen molar-refractivity contribution in [2.45, 2.75) is 26.8 Å². The van der Waals surface area contributed by atoms with Gasteiger partial charge in [0.05, 0.1) is 0 Å². The topological polar surface area (TPSA) is 32.3 Å². The second kappa shape index (κ2) is 5.80. The van der Waals surface area contributed by atoms with Crippen LogP contribution < -0.4 is 5.32 Å². The molecule has 1 N–H and O–H groups in total. The van der Waals surface area contributed by atoms with E-state index in [2.05, 4.69) is 5.32 Å². The largest absolute Gasteiger partial charge is 0.383 e. The molecule has 0 aromatic heterocycles. The van der Waals surface area contributed by atoms with E-state index in [1.165, 1.54) is 7.05 Å². The SMILES string of the molecule is CCN(C(=O)c1cc(F)c(NC)c(F)c1)C(C)C. The van der Waals surface area contributed by atoms with Crippen LogP contribution in [0, 0.1) is 11.6 Å². The molecule has 100 valence electrons. The molecular weight excluding hydrogens is 238 g/mol. The maximum atomic E-state index is 13.6. The molecule has 0 bridgehead atoms. The average Bonchev–Trinajstić information content (AvgIpc) is 2.28. The van der Waals surface area contributed by atoms with Crippen molar-refractivity contribution in [2.24, 2.45) is 0 Å². The molecule has 0 aliphatic rings. The lowest BCUT2D eigenvalue weighted by Gasteiger charge is -2.25. The predicted molar refractivity (Wildman–Crippen MR) is 67.8 cm³/mol. The first-order valence-electron chi connectivity index (χ1n) is 5.90. The zero-order valence-electron chi connectivity index (χ0n) is 11.1. The van der Waals surface area contributed by atoms with Gasteiger partial charge in [0, 0.05) is 25.2 Å². The quantitative estimate of drug-likeness (QED) is 0.898. The molecule has 0 aliphatic carbocycles. The van der Waals surface area contributed by atoms with Gasteiger partial charge < -0.3 is 10.2 Å². The normalized spacial score (nSPS) is 10.6. The van der Waals surface area contributed by atoms with Gasteiger partial charge in [0.25, 0.3) is 5.91 Å². The van der Waals surface area contributed by atoms with Crippen LogP contribution in [-0.4, -0.2) is 30.4 Å². The molecule has 0 heterocycles. The van der Waals surface area contributed by atoms with Crippen LogP contribution in [0.4, 0.5) is 14.5 Å². The summed E-state index contributed by atoms with van der Waals surface area (Å²) in [4.78, 5) is 13.6. The Balaban J connectivity index is 3.15. The maximum Gasteiger partial charge on any atom is 0.254 e. The van der Waals surface area contributed by atoms with Crippen molar-refractivity contribution < 1.29 is 13.6 Å². The minimum Gasteiger partial charge on any atom is -0.383 e. The second-order valence-electron chi connectivity index (χ2n) is 4.25. The summed E-state index contributed by atoms with van der Waals surface area (Å²) in [5, 5.41) is 2.42. The molecule has 0 saturated heterocycles. The highest BCUT2D eigenvalue weighted by Gasteiger charge is 2.20. The maximum absolute atomic E-state index is 13.6. The van der Waals surface area contributed by atoms with Gasteiger partial charge in [-0.15, -0.1) is 0 Å². The number of benzene rings is 1. The molecule has 0 aliphatic heterocycles. The first-order valence-corrected chi connectivity index (χ1v) is 5.90. The van der Waals surface area contributed by atoms with Crippen molar-refractivity contribution in [3.8, 4) is 0 Å². The number of halogens is 2. The number of nitrogens with one attached hydrogen (secondary N) is 1. The number of nitrogens with zero attached hydrogens (tertiary/aromatic N) is 1. The average molecular weight is 256 g/mol. The van der Waals surface area contributed by atoms with Crippen molar-refractivity contribution >= 4 is 11.6 Å². The van der Waals surface area contributed by atoms with E-state index in [0.717, 1.165) is 12.1 Å². The van der Waals surface area contributed by atoms with Crippen molar-refractivity contribution in [1.29, 1.82) is 0 Å². The fourth-order valence-corrected chi connectivity index (χ4v) is 1.84. The molecule has 0 spiro atoms. The zero-order valence-corrected chi connectivity index (χ0v) is 11.1. The van der Waals surface area contributed by atoms with E-state index >= 15 is 0 Å². The Hall–Kier alpha value is -1.65. The fraction of sp³-hybridized carbons (Fsp3) is 0.462. The van der Waals surface area contributed by atoms with Crippen LogP contribution in [0.5, 0.6) is 0 Å². The number of hydrogen-bond acceptors (Lipinski definition) is 2. The van der Waals surface area contributed by atoms with E-state index in [1.807, 2.05) is 20.8 Å². The second-order valence-corrected chi connectivity index (χ2v) is 4.25. The van der Waals surface area contributed by atoms with Crippen molar-refractivity contribution in [3.05, 3.63) is 29.3 Å². The van der Waals surface area contributed by atoms with Crippen LogP contribution in [0.2, 0.25) is 0 Å². The summed E-state index contributed by atoms with van der Waals surface area (Å²) in [6, 6.07) is 2.10. The van der Waals surface area contributed by atoms with Crippen molar-refractivity contribution in [3.63, 3.8) is 0 Å². The van der Waals surface area contributed by atoms with Gasteiger partial charge in [0.1, 0.15) is 17.3 Å². The molecule has 0 fully saturated rings. The van der Waals surface area contributed by atoms with Crippen LogP contribution >= 0.6 is 0 Å². The minimum absolute atomic E-state index is 0.0161. The Kier molecular flexibility index (Phi) is 4.64. The van der Waals surface area contributed by atoms with Crippen LogP contribution in [0.15, 0.2) is 12.1 Å². The Morgan fingerprint density at radius 2 is 1.83 bits per heavy atom. The molecule has 1 amide bonds. The fourth-order valence-electron chi connectivity index (χ4n) is 1.84. The molecule has 0 saturated carbocycles. The van der Waals surface area contributed by atoms with Crippen LogP contribution in [0.3, 0.4) is 0 Å². The van der Waals surface area contributed by atoms with Crippen molar-refractivity contribution in [1.82, 2.24) is 4.90 Å². The highest BCUT2D eigenvalue weighted by Crippen LogP contribution is 2.21. The standard InChI is InChI=1S/C13H18F2N2O/c1-5-17(8(2)3)13(18)9-6-10(14)12(16-4)11(15)7-9/h6-8,16H,5H2,1-4H3. The smallest absolute Gasteiger partial charge is 0.254 e. The summed E-state index contributed by atoms with van der Waals surface area (Å²) in [6.07, 6.45) is 0. The summed E-state index contributed by atoms with van der Waals surface area (Å²) in [5.74, 6) is -1.89. The third kappa shape index (κ3) is 2.78. The molecule has 0 unspecified atom stereocenters. The predicted octanol–water partition coefficient (Wildman–Crippen LogP) is 2.88. The third-order valence-electron chi connectivity index (χ3n) is 2.76. The molecular formula is C13H18F2N2O. The molecule has 0 radical (unpaired) electrons. The summed E-state index contributed by atoms with van der Waals surface area (Å²) < 4.78 is 27.1. The number of carbonyl (C=O) groups is 1. The van der Waals surface area contributed by atoms with Gasteiger partial charge >= 0.3 is 0 Å². The van der Waals surface area contributed by atoms with Gasteiger partial charge in [-0.3, -0.25) is 4.79 Å². The Morgan fingerprint density at radius 1 is 1.33 bits per heavy atom. The van der Waals surface area contributed by atoms with Gasteiger partial charge in [-0.2, -0.15) is 0 Å². The molecule has 1 rings (SSSR count). The van der Waals surface area contributed by atoms with E-state index in [-0.39, 0.29) is 23.2 Å². The van der Waals surface area contributed by atoms with Gasteiger partial charge in [0.15, 0.2) is 0 Å². The van der Waals surface area contributed by atoms with Gasteiger partial charge in [-0.05, 0) is 32.9 Å². The Morgan fingerprint density at radius 3 is 2.17 bits per heavy atom. The summed E-state index contributed by atoms with van der Waals surface area (Å²) >= 11 is 0. The first kappa shape index (κ1) is 14.4. The third-order valence-corrected chi connectivity index (χ3v) is 2.76. The lowest BCUT2D eigenvalue weighted by Crippen LogP contribution is -2.36. The summed E-state index contributed by atoms with van der Waals surface area (Å²) in [7, 11) is 1.43. The zero-order chi connectivity index (χ0) is 13.9. The van der Waals surface area contributed by atoms with E-state index in [1.54, 1.807) is 4.90 Å². The highest BCUT2D eigenvalue weighted by atomic mass is 19.1. The van der Waals surface area contributed by atoms with Gasteiger partial charge in [-0.1, -0.05) is 0 Å². The number of rotatable bonds is 4. The molecule has 3 nitrogen and oxygen atoms in total. The van der Waals surface area contributed by atoms with E-state index in [4.69, 9.17) is 0 Å². The Bertz CT molecular complexity index is 424. The highest BCUT2D eigenvalue weighted by molar-refractivity contribution is 5.94. The molecule has 1 aromatic carbocycles. The van der Waals surface area contributed by atoms with E-state index in [9.17, 15) is 13.6 Å². The van der Waals surface area contributed by atoms with Crippen molar-refractivity contribution in [2.75, 3.05) is 18.9 Å². The Labute approximate surface area is 106 Å². The summed E-state index contributed by atoms with van der Waals surface area (Å²) in [5.41, 5.74) is -0.196. The van der Waals surface area contributed by atoms with E-state index < -0.39 is 11.6 Å². The molecule has 18 heavy (non-hydrogen) atoms. The molecule has 1 aromatic rings. The number of anilines is 1.